The van der Waals surface area contributed by atoms with Crippen LogP contribution in [0.25, 0.3) is 0 Å². The number of hydrogen-bond acceptors (Lipinski definition) is 3. The molecule has 1 heterocycles. The average molecular weight is 252 g/mol. The van der Waals surface area contributed by atoms with Gasteiger partial charge >= 0.3 is 5.97 Å². The summed E-state index contributed by atoms with van der Waals surface area (Å²) in [4.78, 5) is 15.3. The smallest absolute Gasteiger partial charge is 0.360 e. The maximum Gasteiger partial charge on any atom is 0.360 e. The van der Waals surface area contributed by atoms with Crippen molar-refractivity contribution in [3.05, 3.63) is 24.6 Å². The molecule has 5 heteroatoms. The highest BCUT2D eigenvalue weighted by molar-refractivity contribution is 5.82. The minimum absolute atomic E-state index is 0.0609. The van der Waals surface area contributed by atoms with Gasteiger partial charge in [0.15, 0.2) is 6.54 Å². The molecule has 100 valence electrons. The molecule has 1 aliphatic heterocycles. The van der Waals surface area contributed by atoms with E-state index in [9.17, 15) is 4.79 Å². The Balaban J connectivity index is 2.80. The Labute approximate surface area is 108 Å². The molecular formula is C13H22N3O2+. The quantitative estimate of drug-likeness (QED) is 0.536. The fourth-order valence-corrected chi connectivity index (χ4v) is 2.01. The number of carboxylic acid groups (broad SMARTS) is 1. The molecule has 0 radical (unpaired) electrons. The van der Waals surface area contributed by atoms with E-state index in [1.54, 1.807) is 12.4 Å². The maximum atomic E-state index is 11.0. The van der Waals surface area contributed by atoms with Crippen LogP contribution in [0.4, 0.5) is 0 Å². The fourth-order valence-electron chi connectivity index (χ4n) is 2.01. The largest absolute Gasteiger partial charge is 0.477 e. The predicted octanol–water partition coefficient (Wildman–Crippen LogP) is 1.82. The van der Waals surface area contributed by atoms with E-state index in [-0.39, 0.29) is 17.2 Å². The monoisotopic (exact) mass is 252 g/mol. The van der Waals surface area contributed by atoms with Gasteiger partial charge in [-0.05, 0) is 6.42 Å². The number of hydrogen-bond donors (Lipinski definition) is 2. The van der Waals surface area contributed by atoms with Crippen LogP contribution in [-0.4, -0.2) is 34.1 Å². The highest BCUT2D eigenvalue weighted by Crippen LogP contribution is 2.21. The van der Waals surface area contributed by atoms with Gasteiger partial charge in [-0.1, -0.05) is 25.5 Å². The second-order valence-corrected chi connectivity index (χ2v) is 4.53. The van der Waals surface area contributed by atoms with Crippen LogP contribution in [0.15, 0.2) is 29.5 Å². The van der Waals surface area contributed by atoms with Crippen molar-refractivity contribution < 1.29 is 14.4 Å². The third-order valence-corrected chi connectivity index (χ3v) is 3.08. The van der Waals surface area contributed by atoms with E-state index in [4.69, 9.17) is 10.8 Å². The van der Waals surface area contributed by atoms with Crippen LogP contribution in [0.3, 0.4) is 0 Å². The lowest BCUT2D eigenvalue weighted by atomic mass is 10.2. The summed E-state index contributed by atoms with van der Waals surface area (Å²) in [6.07, 6.45) is 9.99. The SMILES string of the molecule is CCC/C=C/CC1=NC=C[N+]1(CC(=O)O)C(C)N. The first-order chi connectivity index (χ1) is 8.53. The number of carbonyl (C=O) groups is 1. The van der Waals surface area contributed by atoms with Gasteiger partial charge in [0.1, 0.15) is 12.4 Å². The number of rotatable bonds is 7. The molecule has 0 spiro atoms. The molecule has 0 amide bonds. The molecule has 1 rings (SSSR count). The van der Waals surface area contributed by atoms with Crippen molar-refractivity contribution in [3.8, 4) is 0 Å². The molecule has 0 aromatic carbocycles. The number of carboxylic acids is 1. The number of unbranched alkanes of at least 4 members (excludes halogenated alkanes) is 1. The van der Waals surface area contributed by atoms with Crippen LogP contribution in [0, 0.1) is 0 Å². The second-order valence-electron chi connectivity index (χ2n) is 4.53. The number of aliphatic carboxylic acids is 1. The van der Waals surface area contributed by atoms with Gasteiger partial charge in [0.05, 0.1) is 12.6 Å². The van der Waals surface area contributed by atoms with Crippen molar-refractivity contribution in [1.29, 1.82) is 0 Å². The molecule has 2 atom stereocenters. The molecule has 0 saturated heterocycles. The van der Waals surface area contributed by atoms with Gasteiger partial charge in [0.2, 0.25) is 5.84 Å². The molecule has 0 aliphatic carbocycles. The number of allylic oxidation sites excluding steroid dienone is 1. The molecule has 1 aliphatic rings. The number of amidine groups is 1. The number of quaternary nitrogens is 1. The summed E-state index contributed by atoms with van der Waals surface area (Å²) >= 11 is 0. The first-order valence-electron chi connectivity index (χ1n) is 6.27. The van der Waals surface area contributed by atoms with Gasteiger partial charge in [-0.15, -0.1) is 0 Å². The average Bonchev–Trinajstić information content (AvgIpc) is 2.68. The lowest BCUT2D eigenvalue weighted by molar-refractivity contribution is -0.805. The van der Waals surface area contributed by atoms with E-state index < -0.39 is 5.97 Å². The van der Waals surface area contributed by atoms with Crippen LogP contribution >= 0.6 is 0 Å². The van der Waals surface area contributed by atoms with Gasteiger partial charge in [-0.3, -0.25) is 5.73 Å². The number of nitrogens with zero attached hydrogens (tertiary/aromatic N) is 2. The Hall–Kier alpha value is -1.46. The van der Waals surface area contributed by atoms with Crippen LogP contribution in [0.5, 0.6) is 0 Å². The standard InChI is InChI=1S/C13H21N3O2/c1-3-4-5-6-7-12-15-8-9-16(12,11(2)14)10-13(17)18/h5-6,8-9,11H,3-4,7,10,14H2,1-2H3/p+1/b6-5+. The highest BCUT2D eigenvalue weighted by Gasteiger charge is 2.40. The van der Waals surface area contributed by atoms with E-state index in [2.05, 4.69) is 18.0 Å². The lowest BCUT2D eigenvalue weighted by Gasteiger charge is -2.34. The zero-order chi connectivity index (χ0) is 13.6. The van der Waals surface area contributed by atoms with Crippen molar-refractivity contribution in [2.24, 2.45) is 10.7 Å². The maximum absolute atomic E-state index is 11.0. The third kappa shape index (κ3) is 3.27. The summed E-state index contributed by atoms with van der Waals surface area (Å²) in [5.74, 6) is -0.0798. The molecule has 2 unspecified atom stereocenters. The minimum atomic E-state index is -0.871. The minimum Gasteiger partial charge on any atom is -0.477 e. The van der Waals surface area contributed by atoms with Crippen LogP contribution in [0.1, 0.15) is 33.1 Å². The van der Waals surface area contributed by atoms with Gasteiger partial charge < -0.3 is 5.11 Å². The molecule has 0 saturated carbocycles. The Morgan fingerprint density at radius 3 is 2.89 bits per heavy atom. The first kappa shape index (κ1) is 14.6. The molecule has 0 aromatic heterocycles. The number of nitrogens with two attached hydrogens (primary N) is 1. The molecule has 0 bridgehead atoms. The predicted molar refractivity (Wildman–Crippen MR) is 71.7 cm³/mol. The summed E-state index contributed by atoms with van der Waals surface area (Å²) in [5, 5.41) is 9.04. The summed E-state index contributed by atoms with van der Waals surface area (Å²) < 4.78 is 0.117. The van der Waals surface area contributed by atoms with Crippen molar-refractivity contribution in [1.82, 2.24) is 0 Å². The molecule has 0 aromatic rings. The van der Waals surface area contributed by atoms with E-state index >= 15 is 0 Å². The number of aliphatic imine (C=N–C) groups is 1. The summed E-state index contributed by atoms with van der Waals surface area (Å²) in [5.41, 5.74) is 5.95. The Morgan fingerprint density at radius 1 is 1.61 bits per heavy atom. The van der Waals surface area contributed by atoms with Gasteiger partial charge in [-0.2, -0.15) is 0 Å². The summed E-state index contributed by atoms with van der Waals surface area (Å²) in [6, 6.07) is 0. The van der Waals surface area contributed by atoms with E-state index in [1.165, 1.54) is 0 Å². The fraction of sp³-hybridized carbons (Fsp3) is 0.538. The van der Waals surface area contributed by atoms with Crippen LogP contribution in [-0.2, 0) is 4.79 Å². The zero-order valence-corrected chi connectivity index (χ0v) is 11.0. The van der Waals surface area contributed by atoms with Gasteiger partial charge in [0, 0.05) is 6.92 Å². The Kier molecular flexibility index (Phi) is 5.25. The molecule has 3 N–H and O–H groups in total. The Bertz CT molecular complexity index is 386. The van der Waals surface area contributed by atoms with E-state index in [1.807, 2.05) is 13.0 Å². The van der Waals surface area contributed by atoms with Crippen molar-refractivity contribution >= 4 is 11.8 Å². The lowest BCUT2D eigenvalue weighted by Crippen LogP contribution is -2.58. The van der Waals surface area contributed by atoms with Gasteiger partial charge in [-0.25, -0.2) is 14.3 Å². The van der Waals surface area contributed by atoms with Crippen LogP contribution < -0.4 is 5.73 Å². The molecule has 18 heavy (non-hydrogen) atoms. The summed E-state index contributed by atoms with van der Waals surface area (Å²) in [6.45, 7) is 3.87. The molecule has 0 fully saturated rings. The molecular weight excluding hydrogens is 230 g/mol. The van der Waals surface area contributed by atoms with Crippen molar-refractivity contribution in [3.63, 3.8) is 0 Å². The molecule has 5 nitrogen and oxygen atoms in total. The van der Waals surface area contributed by atoms with E-state index in [0.29, 0.717) is 6.42 Å². The summed E-state index contributed by atoms with van der Waals surface area (Å²) in [7, 11) is 0. The topological polar surface area (TPSA) is 75.7 Å². The van der Waals surface area contributed by atoms with Crippen LogP contribution in [0.2, 0.25) is 0 Å². The van der Waals surface area contributed by atoms with Gasteiger partial charge in [0.25, 0.3) is 0 Å². The third-order valence-electron chi connectivity index (χ3n) is 3.08. The first-order valence-corrected chi connectivity index (χ1v) is 6.27. The van der Waals surface area contributed by atoms with Crippen molar-refractivity contribution in [2.75, 3.05) is 6.54 Å². The van der Waals surface area contributed by atoms with Crippen molar-refractivity contribution in [2.45, 2.75) is 39.3 Å². The Morgan fingerprint density at radius 2 is 2.33 bits per heavy atom. The zero-order valence-electron chi connectivity index (χ0n) is 11.0. The van der Waals surface area contributed by atoms with E-state index in [0.717, 1.165) is 18.7 Å². The highest BCUT2D eigenvalue weighted by atomic mass is 16.4. The second kappa shape index (κ2) is 6.47. The normalized spacial score (nSPS) is 24.5.